The number of hydrogen-bond acceptors (Lipinski definition) is 2. The van der Waals surface area contributed by atoms with Gasteiger partial charge >= 0.3 is 0 Å². The van der Waals surface area contributed by atoms with E-state index in [-0.39, 0.29) is 5.54 Å². The third kappa shape index (κ3) is 3.63. The number of allylic oxidation sites excluding steroid dienone is 1. The Kier molecular flexibility index (Phi) is 4.28. The molecule has 0 bridgehead atoms. The number of anilines is 1. The van der Waals surface area contributed by atoms with Crippen LogP contribution in [0.4, 0.5) is 5.69 Å². The lowest BCUT2D eigenvalue weighted by atomic mass is 10.0. The second-order valence-electron chi connectivity index (χ2n) is 4.11. The van der Waals surface area contributed by atoms with Gasteiger partial charge in [0.05, 0.1) is 5.54 Å². The van der Waals surface area contributed by atoms with Gasteiger partial charge in [0.25, 0.3) is 0 Å². The molecule has 0 unspecified atom stereocenters. The minimum atomic E-state index is -0.111. The average Bonchev–Trinajstić information content (AvgIpc) is 2.19. The van der Waals surface area contributed by atoms with Crippen LogP contribution in [0, 0.1) is 0 Å². The fourth-order valence-electron chi connectivity index (χ4n) is 1.39. The van der Waals surface area contributed by atoms with Crippen molar-refractivity contribution in [2.45, 2.75) is 32.7 Å². The molecule has 0 fully saturated rings. The monoisotopic (exact) mass is 221 g/mol. The molecule has 0 aliphatic carbocycles. The Morgan fingerprint density at radius 1 is 1.33 bits per heavy atom. The Bertz CT molecular complexity index is 328. The van der Waals surface area contributed by atoms with Crippen LogP contribution in [0.1, 0.15) is 27.2 Å². The van der Waals surface area contributed by atoms with Crippen LogP contribution in [0.2, 0.25) is 0 Å². The van der Waals surface area contributed by atoms with Crippen molar-refractivity contribution in [3.8, 4) is 0 Å². The van der Waals surface area contributed by atoms with Crippen molar-refractivity contribution in [2.24, 2.45) is 0 Å². The SMILES string of the molecule is CC/C=C(/S)C(C)(C)Nc1ccccc1. The fraction of sp³-hybridized carbons (Fsp3) is 0.385. The first-order valence-electron chi connectivity index (χ1n) is 5.29. The number of para-hydroxylation sites is 1. The second kappa shape index (κ2) is 5.26. The first-order chi connectivity index (χ1) is 7.06. The number of benzene rings is 1. The molecule has 0 heterocycles. The zero-order valence-corrected chi connectivity index (χ0v) is 10.5. The Morgan fingerprint density at radius 2 is 1.93 bits per heavy atom. The largest absolute Gasteiger partial charge is 0.376 e. The van der Waals surface area contributed by atoms with Gasteiger partial charge < -0.3 is 5.32 Å². The summed E-state index contributed by atoms with van der Waals surface area (Å²) in [6.45, 7) is 6.39. The molecule has 82 valence electrons. The molecule has 2 heteroatoms. The van der Waals surface area contributed by atoms with Gasteiger partial charge in [0.15, 0.2) is 0 Å². The van der Waals surface area contributed by atoms with E-state index in [4.69, 9.17) is 0 Å². The maximum absolute atomic E-state index is 4.52. The molecule has 1 nitrogen and oxygen atoms in total. The summed E-state index contributed by atoms with van der Waals surface area (Å²) in [5.41, 5.74) is 1.01. The van der Waals surface area contributed by atoms with Gasteiger partial charge in [-0.05, 0) is 32.4 Å². The van der Waals surface area contributed by atoms with Crippen LogP contribution in [-0.2, 0) is 0 Å². The van der Waals surface area contributed by atoms with E-state index in [2.05, 4.69) is 56.9 Å². The van der Waals surface area contributed by atoms with Crippen molar-refractivity contribution in [3.63, 3.8) is 0 Å². The van der Waals surface area contributed by atoms with Crippen LogP contribution >= 0.6 is 12.6 Å². The molecule has 0 saturated carbocycles. The maximum Gasteiger partial charge on any atom is 0.0621 e. The standard InChI is InChI=1S/C13H19NS/c1-4-8-12(15)13(2,3)14-11-9-6-5-7-10-11/h5-10,14-15H,4H2,1-3H3/b12-8+. The van der Waals surface area contributed by atoms with E-state index in [9.17, 15) is 0 Å². The summed E-state index contributed by atoms with van der Waals surface area (Å²) in [5.74, 6) is 0. The van der Waals surface area contributed by atoms with Crippen molar-refractivity contribution in [1.29, 1.82) is 0 Å². The Hall–Kier alpha value is -0.890. The van der Waals surface area contributed by atoms with Gasteiger partial charge in [0, 0.05) is 10.6 Å². The molecule has 0 aliphatic heterocycles. The molecule has 0 amide bonds. The smallest absolute Gasteiger partial charge is 0.0621 e. The molecular weight excluding hydrogens is 202 g/mol. The molecule has 0 atom stereocenters. The summed E-state index contributed by atoms with van der Waals surface area (Å²) in [7, 11) is 0. The molecule has 0 aliphatic rings. The second-order valence-corrected chi connectivity index (χ2v) is 4.60. The first-order valence-corrected chi connectivity index (χ1v) is 5.74. The van der Waals surface area contributed by atoms with Gasteiger partial charge in [-0.25, -0.2) is 0 Å². The number of nitrogens with one attached hydrogen (secondary N) is 1. The highest BCUT2D eigenvalue weighted by molar-refractivity contribution is 7.84. The predicted molar refractivity (Wildman–Crippen MR) is 71.5 cm³/mol. The highest BCUT2D eigenvalue weighted by Gasteiger charge is 2.19. The molecule has 0 aromatic heterocycles. The van der Waals surface area contributed by atoms with Crippen molar-refractivity contribution in [1.82, 2.24) is 0 Å². The molecule has 1 N–H and O–H groups in total. The van der Waals surface area contributed by atoms with E-state index in [1.54, 1.807) is 0 Å². The Labute approximate surface area is 98.0 Å². The Morgan fingerprint density at radius 3 is 2.47 bits per heavy atom. The fourth-order valence-corrected chi connectivity index (χ4v) is 1.63. The summed E-state index contributed by atoms with van der Waals surface area (Å²) >= 11 is 4.52. The van der Waals surface area contributed by atoms with Crippen LogP contribution < -0.4 is 5.32 Å². The lowest BCUT2D eigenvalue weighted by Crippen LogP contribution is -2.31. The van der Waals surface area contributed by atoms with Gasteiger partial charge in [-0.3, -0.25) is 0 Å². The zero-order chi connectivity index (χ0) is 11.3. The van der Waals surface area contributed by atoms with E-state index >= 15 is 0 Å². The van der Waals surface area contributed by atoms with E-state index in [0.29, 0.717) is 0 Å². The number of thiol groups is 1. The van der Waals surface area contributed by atoms with Gasteiger partial charge in [0.2, 0.25) is 0 Å². The quantitative estimate of drug-likeness (QED) is 0.729. The third-order valence-electron chi connectivity index (χ3n) is 2.27. The molecular formula is C13H19NS. The minimum absolute atomic E-state index is 0.111. The third-order valence-corrected chi connectivity index (χ3v) is 3.01. The highest BCUT2D eigenvalue weighted by Crippen LogP contribution is 2.25. The molecule has 0 spiro atoms. The maximum atomic E-state index is 4.52. The van der Waals surface area contributed by atoms with Crippen LogP contribution in [0.15, 0.2) is 41.3 Å². The number of rotatable bonds is 4. The van der Waals surface area contributed by atoms with Crippen molar-refractivity contribution >= 4 is 18.3 Å². The minimum Gasteiger partial charge on any atom is -0.376 e. The summed E-state index contributed by atoms with van der Waals surface area (Å²) in [5, 5.41) is 3.46. The van der Waals surface area contributed by atoms with Gasteiger partial charge in [0.1, 0.15) is 0 Å². The van der Waals surface area contributed by atoms with Gasteiger partial charge in [-0.15, -0.1) is 12.6 Å². The molecule has 1 aromatic carbocycles. The van der Waals surface area contributed by atoms with Crippen molar-refractivity contribution in [3.05, 3.63) is 41.3 Å². The van der Waals surface area contributed by atoms with Crippen molar-refractivity contribution in [2.75, 3.05) is 5.32 Å². The average molecular weight is 221 g/mol. The summed E-state index contributed by atoms with van der Waals surface area (Å²) < 4.78 is 0. The molecule has 15 heavy (non-hydrogen) atoms. The highest BCUT2D eigenvalue weighted by atomic mass is 32.1. The van der Waals surface area contributed by atoms with Crippen LogP contribution in [0.5, 0.6) is 0 Å². The van der Waals surface area contributed by atoms with Gasteiger partial charge in [-0.1, -0.05) is 31.2 Å². The van der Waals surface area contributed by atoms with Gasteiger partial charge in [-0.2, -0.15) is 0 Å². The summed E-state index contributed by atoms with van der Waals surface area (Å²) in [6, 6.07) is 10.2. The van der Waals surface area contributed by atoms with Crippen molar-refractivity contribution < 1.29 is 0 Å². The normalized spacial score (nSPS) is 12.7. The van der Waals surface area contributed by atoms with E-state index in [1.165, 1.54) is 0 Å². The van der Waals surface area contributed by atoms with E-state index in [1.807, 2.05) is 18.2 Å². The molecule has 1 rings (SSSR count). The van der Waals surface area contributed by atoms with Crippen LogP contribution in [0.3, 0.4) is 0 Å². The first kappa shape index (κ1) is 12.2. The molecule has 0 radical (unpaired) electrons. The zero-order valence-electron chi connectivity index (χ0n) is 9.62. The summed E-state index contributed by atoms with van der Waals surface area (Å²) in [6.07, 6.45) is 3.15. The molecule has 1 aromatic rings. The topological polar surface area (TPSA) is 12.0 Å². The van der Waals surface area contributed by atoms with E-state index in [0.717, 1.165) is 17.0 Å². The van der Waals surface area contributed by atoms with E-state index < -0.39 is 0 Å². The Balaban J connectivity index is 2.76. The lowest BCUT2D eigenvalue weighted by molar-refractivity contribution is 0.698. The van der Waals surface area contributed by atoms with Crippen LogP contribution in [-0.4, -0.2) is 5.54 Å². The predicted octanol–water partition coefficient (Wildman–Crippen LogP) is 4.10. The summed E-state index contributed by atoms with van der Waals surface area (Å²) in [4.78, 5) is 1.08. The molecule has 0 saturated heterocycles. The van der Waals surface area contributed by atoms with Crippen LogP contribution in [0.25, 0.3) is 0 Å². The lowest BCUT2D eigenvalue weighted by Gasteiger charge is -2.28. The number of hydrogen-bond donors (Lipinski definition) is 2.